The van der Waals surface area contributed by atoms with Gasteiger partial charge in [0.1, 0.15) is 11.9 Å². The largest absolute Gasteiger partial charge is 0.493 e. The van der Waals surface area contributed by atoms with Gasteiger partial charge in [-0.05, 0) is 31.0 Å². The number of aromatic nitrogens is 2. The number of fused-ring (bicyclic) bond motifs is 1. The van der Waals surface area contributed by atoms with E-state index in [0.29, 0.717) is 108 Å². The first-order valence-corrected chi connectivity index (χ1v) is 19.2. The minimum absolute atomic E-state index is 0.106. The Labute approximate surface area is 329 Å². The summed E-state index contributed by atoms with van der Waals surface area (Å²) >= 11 is 1.10. The molecule has 0 saturated carbocycles. The molecule has 4 aromatic rings. The number of hydrogen-bond donors (Lipinski definition) is 1. The predicted molar refractivity (Wildman–Crippen MR) is 213 cm³/mol. The number of piperazine rings is 1. The molecule has 3 heterocycles. The highest BCUT2D eigenvalue weighted by Gasteiger charge is 2.37. The van der Waals surface area contributed by atoms with Crippen LogP contribution in [0.5, 0.6) is 28.7 Å². The van der Waals surface area contributed by atoms with Crippen molar-refractivity contribution in [2.24, 2.45) is 5.92 Å². The molecule has 3 amide bonds. The second-order valence-corrected chi connectivity index (χ2v) is 14.3. The molecule has 2 atom stereocenters. The van der Waals surface area contributed by atoms with Gasteiger partial charge in [0, 0.05) is 67.0 Å². The molecule has 56 heavy (non-hydrogen) atoms. The maximum absolute atomic E-state index is 14.0. The third-order valence-electron chi connectivity index (χ3n) is 9.93. The van der Waals surface area contributed by atoms with Gasteiger partial charge in [0.05, 0.1) is 41.1 Å². The van der Waals surface area contributed by atoms with Crippen molar-refractivity contribution in [3.8, 4) is 28.7 Å². The Morgan fingerprint density at radius 1 is 0.786 bits per heavy atom. The Morgan fingerprint density at radius 3 is 2.05 bits per heavy atom. The summed E-state index contributed by atoms with van der Waals surface area (Å²) in [6, 6.07) is 14.9. The van der Waals surface area contributed by atoms with E-state index in [4.69, 9.17) is 33.7 Å². The normalized spacial score (nSPS) is 16.0. The lowest BCUT2D eigenvalue weighted by Gasteiger charge is -2.35. The van der Waals surface area contributed by atoms with Gasteiger partial charge in [-0.15, -0.1) is 0 Å². The minimum atomic E-state index is -0.724. The Kier molecular flexibility index (Phi) is 12.7. The zero-order valence-electron chi connectivity index (χ0n) is 32.3. The maximum atomic E-state index is 14.0. The molecule has 16 heteroatoms. The van der Waals surface area contributed by atoms with E-state index in [1.807, 2.05) is 11.0 Å². The van der Waals surface area contributed by atoms with Crippen LogP contribution in [-0.2, 0) is 9.59 Å². The number of rotatable bonds is 13. The van der Waals surface area contributed by atoms with Crippen molar-refractivity contribution in [3.63, 3.8) is 0 Å². The Bertz CT molecular complexity index is 2070. The van der Waals surface area contributed by atoms with Gasteiger partial charge in [-0.1, -0.05) is 49.0 Å². The number of ether oxygens (including phenoxy) is 5. The van der Waals surface area contributed by atoms with Crippen molar-refractivity contribution < 1.29 is 42.9 Å². The second-order valence-electron chi connectivity index (χ2n) is 13.3. The fourth-order valence-corrected chi connectivity index (χ4v) is 7.74. The number of benzene rings is 3. The van der Waals surface area contributed by atoms with Crippen molar-refractivity contribution >= 4 is 57.3 Å². The molecule has 2 saturated heterocycles. The third kappa shape index (κ3) is 8.39. The molecule has 6 rings (SSSR count). The minimum Gasteiger partial charge on any atom is -0.493 e. The number of carbonyl (C=O) groups is 4. The molecule has 2 unspecified atom stereocenters. The number of likely N-dealkylation sites (tertiary alicyclic amines) is 1. The lowest BCUT2D eigenvalue weighted by atomic mass is 10.1. The molecule has 15 nitrogen and oxygen atoms in total. The molecule has 2 aliphatic heterocycles. The van der Waals surface area contributed by atoms with Gasteiger partial charge in [-0.25, -0.2) is 4.98 Å². The smallest absolute Gasteiger partial charge is 0.254 e. The van der Waals surface area contributed by atoms with Crippen LogP contribution in [0.2, 0.25) is 0 Å². The first-order chi connectivity index (χ1) is 27.1. The van der Waals surface area contributed by atoms with Gasteiger partial charge in [-0.3, -0.25) is 19.2 Å². The van der Waals surface area contributed by atoms with E-state index in [1.54, 1.807) is 65.3 Å². The van der Waals surface area contributed by atoms with E-state index in [9.17, 15) is 19.2 Å². The summed E-state index contributed by atoms with van der Waals surface area (Å²) in [4.78, 5) is 69.0. The number of nitrogens with zero attached hydrogens (tertiary/aromatic N) is 5. The van der Waals surface area contributed by atoms with Crippen LogP contribution in [0.15, 0.2) is 54.6 Å². The molecule has 0 radical (unpaired) electrons. The van der Waals surface area contributed by atoms with Crippen molar-refractivity contribution in [1.29, 1.82) is 0 Å². The standard InChI is InChI=1S/C40H46N6O9S/c1-24(23-56-39(50)25-11-8-7-9-12-25)37(48)46-14-10-13-29(46)36(47)42-35-27-21-30(51-2)31(52-3)22-28(27)41-40(43-35)45-17-15-44(16-18-45)38(49)26-19-32(53-4)34(55-6)33(20-26)54-5/h7-9,11-12,19-22,24,29H,10,13-18,23H2,1-6H3,(H,41,42,43,47). The molecular weight excluding hydrogens is 741 g/mol. The molecule has 296 valence electrons. The fraction of sp³-hybridized carbons (Fsp3) is 0.400. The number of amides is 3. The molecule has 0 spiro atoms. The maximum Gasteiger partial charge on any atom is 0.254 e. The molecule has 1 aromatic heterocycles. The Balaban J connectivity index is 1.20. The van der Waals surface area contributed by atoms with E-state index >= 15 is 0 Å². The summed E-state index contributed by atoms with van der Waals surface area (Å²) in [5.41, 5.74) is 1.48. The van der Waals surface area contributed by atoms with Crippen LogP contribution in [0, 0.1) is 5.92 Å². The number of hydrogen-bond acceptors (Lipinski definition) is 13. The fourth-order valence-electron chi connectivity index (χ4n) is 6.89. The van der Waals surface area contributed by atoms with Crippen LogP contribution >= 0.6 is 11.8 Å². The predicted octanol–water partition coefficient (Wildman–Crippen LogP) is 4.77. The summed E-state index contributed by atoms with van der Waals surface area (Å²) in [5.74, 6) is 1.71. The summed E-state index contributed by atoms with van der Waals surface area (Å²) in [6.45, 7) is 3.78. The van der Waals surface area contributed by atoms with E-state index in [-0.39, 0.29) is 28.7 Å². The number of anilines is 2. The van der Waals surface area contributed by atoms with Gasteiger partial charge < -0.3 is 43.7 Å². The highest BCUT2D eigenvalue weighted by Crippen LogP contribution is 2.39. The number of carbonyl (C=O) groups excluding carboxylic acids is 4. The zero-order valence-corrected chi connectivity index (χ0v) is 33.1. The second kappa shape index (κ2) is 17.8. The van der Waals surface area contributed by atoms with Crippen LogP contribution in [0.25, 0.3) is 10.9 Å². The van der Waals surface area contributed by atoms with E-state index in [2.05, 4.69) is 5.32 Å². The van der Waals surface area contributed by atoms with Crippen molar-refractivity contribution in [2.45, 2.75) is 25.8 Å². The molecule has 2 aliphatic rings. The van der Waals surface area contributed by atoms with Crippen LogP contribution in [0.3, 0.4) is 0 Å². The monoisotopic (exact) mass is 786 g/mol. The molecule has 3 aromatic carbocycles. The summed E-state index contributed by atoms with van der Waals surface area (Å²) in [5, 5.41) is 3.42. The first kappa shape index (κ1) is 39.9. The lowest BCUT2D eigenvalue weighted by molar-refractivity contribution is -0.139. The zero-order chi connectivity index (χ0) is 39.9. The van der Waals surface area contributed by atoms with Gasteiger partial charge in [0.25, 0.3) is 5.91 Å². The first-order valence-electron chi connectivity index (χ1n) is 18.2. The van der Waals surface area contributed by atoms with Gasteiger partial charge in [0.15, 0.2) is 23.0 Å². The average Bonchev–Trinajstić information content (AvgIpc) is 3.74. The van der Waals surface area contributed by atoms with Crippen molar-refractivity contribution in [3.05, 3.63) is 65.7 Å². The van der Waals surface area contributed by atoms with Gasteiger partial charge in [0.2, 0.25) is 28.6 Å². The highest BCUT2D eigenvalue weighted by atomic mass is 32.2. The van der Waals surface area contributed by atoms with Gasteiger partial charge in [-0.2, -0.15) is 4.98 Å². The number of thioether (sulfide) groups is 1. The molecule has 1 N–H and O–H groups in total. The molecule has 0 bridgehead atoms. The van der Waals surface area contributed by atoms with Crippen LogP contribution in [-0.4, -0.2) is 123 Å². The van der Waals surface area contributed by atoms with E-state index in [0.717, 1.165) is 11.8 Å². The van der Waals surface area contributed by atoms with Crippen LogP contribution in [0.4, 0.5) is 11.8 Å². The molecule has 0 aliphatic carbocycles. The Hall–Kier alpha value is -5.77. The summed E-state index contributed by atoms with van der Waals surface area (Å²) in [6.07, 6.45) is 1.14. The average molecular weight is 787 g/mol. The van der Waals surface area contributed by atoms with Crippen molar-refractivity contribution in [2.75, 3.05) is 84.2 Å². The lowest BCUT2D eigenvalue weighted by Crippen LogP contribution is -2.49. The SMILES string of the molecule is COc1cc2nc(N3CCN(C(=O)c4cc(OC)c(OC)c(OC)c4)CC3)nc(NC(=O)C3CCCN3C(=O)C(C)CSC(=O)c3ccccc3)c2cc1OC. The van der Waals surface area contributed by atoms with Gasteiger partial charge >= 0.3 is 0 Å². The highest BCUT2D eigenvalue weighted by molar-refractivity contribution is 8.14. The van der Waals surface area contributed by atoms with Crippen molar-refractivity contribution in [1.82, 2.24) is 19.8 Å². The number of nitrogens with one attached hydrogen (secondary N) is 1. The third-order valence-corrected chi connectivity index (χ3v) is 11.1. The van der Waals surface area contributed by atoms with Crippen LogP contribution in [0.1, 0.15) is 40.5 Å². The summed E-state index contributed by atoms with van der Waals surface area (Å²) in [7, 11) is 7.55. The topological polar surface area (TPSA) is 162 Å². The molecular formula is C40H46N6O9S. The van der Waals surface area contributed by atoms with Crippen LogP contribution < -0.4 is 33.9 Å². The molecule has 2 fully saturated rings. The van der Waals surface area contributed by atoms with E-state index < -0.39 is 12.0 Å². The quantitative estimate of drug-likeness (QED) is 0.198. The number of methoxy groups -OCH3 is 5. The van der Waals surface area contributed by atoms with E-state index in [1.165, 1.54) is 35.5 Å². The Morgan fingerprint density at radius 2 is 1.43 bits per heavy atom. The summed E-state index contributed by atoms with van der Waals surface area (Å²) < 4.78 is 27.4.